The van der Waals surface area contributed by atoms with Crippen LogP contribution in [0.4, 0.5) is 0 Å². The molecule has 0 spiro atoms. The Morgan fingerprint density at radius 2 is 1.65 bits per heavy atom. The fraction of sp³-hybridized carbons (Fsp3) is 0.278. The molecular weight excluding hydrogens is 268 g/mol. The van der Waals surface area contributed by atoms with Gasteiger partial charge in [-0.25, -0.2) is 0 Å². The van der Waals surface area contributed by atoms with Gasteiger partial charge in [0.1, 0.15) is 0 Å². The molecule has 0 aliphatic rings. The van der Waals surface area contributed by atoms with E-state index in [2.05, 4.69) is 45.0 Å². The quantitative estimate of drug-likeness (QED) is 0.678. The van der Waals surface area contributed by atoms with Crippen molar-refractivity contribution in [2.24, 2.45) is 0 Å². The number of benzene rings is 2. The van der Waals surface area contributed by atoms with Crippen molar-refractivity contribution < 1.29 is 4.79 Å². The third kappa shape index (κ3) is 2.94. The van der Waals surface area contributed by atoms with Gasteiger partial charge in [-0.1, -0.05) is 62.7 Å². The van der Waals surface area contributed by atoms with Crippen molar-refractivity contribution in [2.45, 2.75) is 32.6 Å². The maximum atomic E-state index is 10.8. The van der Waals surface area contributed by atoms with E-state index in [0.717, 1.165) is 23.8 Å². The highest BCUT2D eigenvalue weighted by atomic mass is 35.5. The zero-order chi connectivity index (χ0) is 14.8. The summed E-state index contributed by atoms with van der Waals surface area (Å²) < 4.78 is 0. The zero-order valence-corrected chi connectivity index (χ0v) is 12.9. The number of halogens is 1. The van der Waals surface area contributed by atoms with Crippen molar-refractivity contribution in [1.29, 1.82) is 0 Å². The smallest absolute Gasteiger partial charge is 0.151 e. The van der Waals surface area contributed by atoms with E-state index in [1.54, 1.807) is 6.07 Å². The molecule has 20 heavy (non-hydrogen) atoms. The predicted molar refractivity (Wildman–Crippen MR) is 85.6 cm³/mol. The van der Waals surface area contributed by atoms with Gasteiger partial charge in [-0.2, -0.15) is 0 Å². The molecule has 2 aromatic carbocycles. The van der Waals surface area contributed by atoms with Crippen LogP contribution < -0.4 is 0 Å². The fourth-order valence-electron chi connectivity index (χ4n) is 2.12. The van der Waals surface area contributed by atoms with Gasteiger partial charge in [0.2, 0.25) is 0 Å². The predicted octanol–water partition coefficient (Wildman–Crippen LogP) is 5.51. The SMILES string of the molecule is CCC(C)(C)c1ccc(-c2ccc(C=O)c(Cl)c2)cc1. The standard InChI is InChI=1S/C18H19ClO/c1-4-18(2,3)16-9-7-13(8-10-16)14-5-6-15(12-20)17(19)11-14/h5-12H,4H2,1-3H3. The molecule has 0 aliphatic heterocycles. The fourth-order valence-corrected chi connectivity index (χ4v) is 2.35. The first kappa shape index (κ1) is 14.8. The Hall–Kier alpha value is -1.60. The molecule has 104 valence electrons. The van der Waals surface area contributed by atoms with Crippen LogP contribution in [0.2, 0.25) is 5.02 Å². The van der Waals surface area contributed by atoms with Gasteiger partial charge in [0.15, 0.2) is 6.29 Å². The molecule has 0 amide bonds. The minimum atomic E-state index is 0.192. The van der Waals surface area contributed by atoms with Crippen molar-refractivity contribution in [2.75, 3.05) is 0 Å². The first-order valence-corrected chi connectivity index (χ1v) is 7.21. The number of aldehydes is 1. The summed E-state index contributed by atoms with van der Waals surface area (Å²) in [5.74, 6) is 0. The second kappa shape index (κ2) is 5.80. The molecule has 1 nitrogen and oxygen atoms in total. The molecule has 0 saturated carbocycles. The van der Waals surface area contributed by atoms with E-state index >= 15 is 0 Å². The van der Waals surface area contributed by atoms with Gasteiger partial charge in [-0.15, -0.1) is 0 Å². The molecular formula is C18H19ClO. The van der Waals surface area contributed by atoms with Crippen LogP contribution in [-0.2, 0) is 5.41 Å². The molecule has 2 heteroatoms. The number of carbonyl (C=O) groups excluding carboxylic acids is 1. The molecule has 0 saturated heterocycles. The van der Waals surface area contributed by atoms with E-state index in [9.17, 15) is 4.79 Å². The normalized spacial score (nSPS) is 11.4. The third-order valence-electron chi connectivity index (χ3n) is 4.01. The lowest BCUT2D eigenvalue weighted by Gasteiger charge is -2.23. The second-order valence-corrected chi connectivity index (χ2v) is 6.08. The number of hydrogen-bond donors (Lipinski definition) is 0. The molecule has 0 N–H and O–H groups in total. The monoisotopic (exact) mass is 286 g/mol. The molecule has 0 unspecified atom stereocenters. The number of carbonyl (C=O) groups is 1. The van der Waals surface area contributed by atoms with Crippen LogP contribution in [0.25, 0.3) is 11.1 Å². The van der Waals surface area contributed by atoms with E-state index < -0.39 is 0 Å². The highest BCUT2D eigenvalue weighted by Crippen LogP contribution is 2.30. The molecule has 2 aromatic rings. The highest BCUT2D eigenvalue weighted by molar-refractivity contribution is 6.33. The van der Waals surface area contributed by atoms with Crippen LogP contribution >= 0.6 is 11.6 Å². The first-order valence-electron chi connectivity index (χ1n) is 6.83. The average Bonchev–Trinajstić information content (AvgIpc) is 2.47. The van der Waals surface area contributed by atoms with Crippen molar-refractivity contribution in [1.82, 2.24) is 0 Å². The Kier molecular flexibility index (Phi) is 4.29. The summed E-state index contributed by atoms with van der Waals surface area (Å²) in [7, 11) is 0. The topological polar surface area (TPSA) is 17.1 Å². The maximum absolute atomic E-state index is 10.8. The summed E-state index contributed by atoms with van der Waals surface area (Å²) in [5, 5.41) is 0.496. The van der Waals surface area contributed by atoms with Crippen LogP contribution in [0, 0.1) is 0 Å². The molecule has 2 rings (SSSR count). The molecule has 0 heterocycles. The summed E-state index contributed by atoms with van der Waals surface area (Å²) in [6, 6.07) is 14.1. The van der Waals surface area contributed by atoms with Crippen LogP contribution in [0.3, 0.4) is 0 Å². The third-order valence-corrected chi connectivity index (χ3v) is 4.34. The van der Waals surface area contributed by atoms with Crippen molar-refractivity contribution >= 4 is 17.9 Å². The largest absolute Gasteiger partial charge is 0.298 e. The Morgan fingerprint density at radius 1 is 1.05 bits per heavy atom. The molecule has 0 aromatic heterocycles. The summed E-state index contributed by atoms with van der Waals surface area (Å²) in [4.78, 5) is 10.8. The zero-order valence-electron chi connectivity index (χ0n) is 12.1. The minimum Gasteiger partial charge on any atom is -0.298 e. The summed E-state index contributed by atoms with van der Waals surface area (Å²) >= 11 is 6.07. The molecule has 0 fully saturated rings. The second-order valence-electron chi connectivity index (χ2n) is 5.67. The number of hydrogen-bond acceptors (Lipinski definition) is 1. The van der Waals surface area contributed by atoms with Gasteiger partial charge in [0.05, 0.1) is 5.02 Å². The van der Waals surface area contributed by atoms with Crippen LogP contribution in [0.5, 0.6) is 0 Å². The lowest BCUT2D eigenvalue weighted by molar-refractivity contribution is 0.112. The lowest BCUT2D eigenvalue weighted by atomic mass is 9.82. The lowest BCUT2D eigenvalue weighted by Crippen LogP contribution is -2.14. The Morgan fingerprint density at radius 3 is 2.15 bits per heavy atom. The van der Waals surface area contributed by atoms with Gasteiger partial charge < -0.3 is 0 Å². The van der Waals surface area contributed by atoms with E-state index in [4.69, 9.17) is 11.6 Å². The Bertz CT molecular complexity index is 612. The highest BCUT2D eigenvalue weighted by Gasteiger charge is 2.17. The van der Waals surface area contributed by atoms with Crippen LogP contribution in [-0.4, -0.2) is 6.29 Å². The Labute approximate surface area is 125 Å². The summed E-state index contributed by atoms with van der Waals surface area (Å²) in [6.45, 7) is 6.70. The van der Waals surface area contributed by atoms with Gasteiger partial charge in [0, 0.05) is 5.56 Å². The van der Waals surface area contributed by atoms with E-state index in [1.807, 2.05) is 12.1 Å². The first-order chi connectivity index (χ1) is 9.47. The number of rotatable bonds is 4. The molecule has 0 aliphatic carbocycles. The van der Waals surface area contributed by atoms with Crippen molar-refractivity contribution in [3.05, 3.63) is 58.6 Å². The van der Waals surface area contributed by atoms with Crippen LogP contribution in [0.15, 0.2) is 42.5 Å². The van der Waals surface area contributed by atoms with Gasteiger partial charge >= 0.3 is 0 Å². The van der Waals surface area contributed by atoms with Crippen molar-refractivity contribution in [3.8, 4) is 11.1 Å². The average molecular weight is 287 g/mol. The Balaban J connectivity index is 2.35. The minimum absolute atomic E-state index is 0.192. The van der Waals surface area contributed by atoms with Crippen LogP contribution in [0.1, 0.15) is 43.1 Å². The van der Waals surface area contributed by atoms with E-state index in [-0.39, 0.29) is 5.41 Å². The van der Waals surface area contributed by atoms with E-state index in [0.29, 0.717) is 10.6 Å². The molecule has 0 bridgehead atoms. The summed E-state index contributed by atoms with van der Waals surface area (Å²) in [5.41, 5.74) is 4.19. The molecule has 0 radical (unpaired) electrons. The van der Waals surface area contributed by atoms with E-state index in [1.165, 1.54) is 5.56 Å². The van der Waals surface area contributed by atoms with Gasteiger partial charge in [-0.05, 0) is 40.7 Å². The van der Waals surface area contributed by atoms with Gasteiger partial charge in [0.25, 0.3) is 0 Å². The maximum Gasteiger partial charge on any atom is 0.151 e. The van der Waals surface area contributed by atoms with Crippen molar-refractivity contribution in [3.63, 3.8) is 0 Å². The van der Waals surface area contributed by atoms with Gasteiger partial charge in [-0.3, -0.25) is 4.79 Å². The molecule has 0 atom stereocenters. The summed E-state index contributed by atoms with van der Waals surface area (Å²) in [6.07, 6.45) is 1.88.